The van der Waals surface area contributed by atoms with Crippen molar-refractivity contribution in [3.8, 4) is 5.88 Å². The molecular formula is C12H19N3O2S. The molecule has 0 radical (unpaired) electrons. The largest absolute Gasteiger partial charge is 0.478 e. The molecule has 0 bridgehead atoms. The zero-order chi connectivity index (χ0) is 13.0. The van der Waals surface area contributed by atoms with Gasteiger partial charge in [0.2, 0.25) is 5.88 Å². The highest BCUT2D eigenvalue weighted by molar-refractivity contribution is 7.98. The number of piperidine rings is 1. The van der Waals surface area contributed by atoms with Gasteiger partial charge in [0.25, 0.3) is 0 Å². The van der Waals surface area contributed by atoms with E-state index in [-0.39, 0.29) is 6.10 Å². The minimum absolute atomic E-state index is 0.262. The Labute approximate surface area is 112 Å². The first-order valence-electron chi connectivity index (χ1n) is 6.21. The molecule has 0 spiro atoms. The smallest absolute Gasteiger partial charge is 0.219 e. The minimum Gasteiger partial charge on any atom is -0.478 e. The lowest BCUT2D eigenvalue weighted by Crippen LogP contribution is -2.38. The van der Waals surface area contributed by atoms with E-state index in [0.717, 1.165) is 25.2 Å². The van der Waals surface area contributed by atoms with Gasteiger partial charge in [-0.2, -0.15) is 4.98 Å². The van der Waals surface area contributed by atoms with Crippen LogP contribution in [0.25, 0.3) is 0 Å². The van der Waals surface area contributed by atoms with Gasteiger partial charge in [0, 0.05) is 19.2 Å². The summed E-state index contributed by atoms with van der Waals surface area (Å²) in [6.07, 6.45) is 3.54. The van der Waals surface area contributed by atoms with Gasteiger partial charge in [0.1, 0.15) is 5.82 Å². The molecule has 100 valence electrons. The Balaban J connectivity index is 2.22. The van der Waals surface area contributed by atoms with Crippen molar-refractivity contribution in [3.05, 3.63) is 6.07 Å². The third-order valence-corrected chi connectivity index (χ3v) is 3.41. The number of anilines is 1. The molecule has 1 atom stereocenters. The summed E-state index contributed by atoms with van der Waals surface area (Å²) in [6.45, 7) is 4.09. The van der Waals surface area contributed by atoms with Gasteiger partial charge in [0.05, 0.1) is 12.7 Å². The highest BCUT2D eigenvalue weighted by Crippen LogP contribution is 2.24. The van der Waals surface area contributed by atoms with Crippen molar-refractivity contribution in [1.82, 2.24) is 9.97 Å². The van der Waals surface area contributed by atoms with Crippen molar-refractivity contribution < 1.29 is 9.84 Å². The van der Waals surface area contributed by atoms with Gasteiger partial charge in [-0.3, -0.25) is 0 Å². The molecule has 1 saturated heterocycles. The van der Waals surface area contributed by atoms with E-state index in [9.17, 15) is 5.11 Å². The molecule has 1 aliphatic heterocycles. The fourth-order valence-corrected chi connectivity index (χ4v) is 2.40. The topological polar surface area (TPSA) is 58.5 Å². The Morgan fingerprint density at radius 2 is 2.39 bits per heavy atom. The van der Waals surface area contributed by atoms with E-state index < -0.39 is 0 Å². The predicted molar refractivity (Wildman–Crippen MR) is 72.4 cm³/mol. The standard InChI is InChI=1S/C12H19N3O2S/c1-3-17-11-7-10(13-12(14-11)18-2)15-6-4-5-9(16)8-15/h7,9,16H,3-6,8H2,1-2H3/t9-/m0/s1. The van der Waals surface area contributed by atoms with E-state index in [1.54, 1.807) is 0 Å². The zero-order valence-electron chi connectivity index (χ0n) is 10.8. The van der Waals surface area contributed by atoms with Crippen LogP contribution in [0.15, 0.2) is 11.2 Å². The molecule has 1 N–H and O–H groups in total. The van der Waals surface area contributed by atoms with Gasteiger partial charge >= 0.3 is 0 Å². The van der Waals surface area contributed by atoms with Crippen LogP contribution in [-0.4, -0.2) is 47.1 Å². The lowest BCUT2D eigenvalue weighted by molar-refractivity contribution is 0.153. The molecule has 1 fully saturated rings. The molecule has 0 saturated carbocycles. The van der Waals surface area contributed by atoms with E-state index in [4.69, 9.17) is 4.74 Å². The molecule has 2 rings (SSSR count). The number of aliphatic hydroxyl groups excluding tert-OH is 1. The Kier molecular flexibility index (Phi) is 4.66. The SMILES string of the molecule is CCOc1cc(N2CCC[C@H](O)C2)nc(SC)n1. The Morgan fingerprint density at radius 3 is 3.06 bits per heavy atom. The summed E-state index contributed by atoms with van der Waals surface area (Å²) >= 11 is 1.50. The molecule has 0 aliphatic carbocycles. The molecule has 0 amide bonds. The van der Waals surface area contributed by atoms with Crippen molar-refractivity contribution in [3.63, 3.8) is 0 Å². The Morgan fingerprint density at radius 1 is 1.56 bits per heavy atom. The van der Waals surface area contributed by atoms with Crippen molar-refractivity contribution in [2.45, 2.75) is 31.0 Å². The molecule has 1 aliphatic rings. The van der Waals surface area contributed by atoms with Crippen LogP contribution in [-0.2, 0) is 0 Å². The van der Waals surface area contributed by atoms with E-state index >= 15 is 0 Å². The van der Waals surface area contributed by atoms with Crippen molar-refractivity contribution in [1.29, 1.82) is 0 Å². The average Bonchev–Trinajstić information content (AvgIpc) is 2.39. The van der Waals surface area contributed by atoms with Gasteiger partial charge < -0.3 is 14.7 Å². The van der Waals surface area contributed by atoms with Gasteiger partial charge in [-0.25, -0.2) is 4.98 Å². The molecule has 5 nitrogen and oxygen atoms in total. The third-order valence-electron chi connectivity index (χ3n) is 2.86. The number of aromatic nitrogens is 2. The number of nitrogens with zero attached hydrogens (tertiary/aromatic N) is 3. The number of hydrogen-bond acceptors (Lipinski definition) is 6. The normalized spacial score (nSPS) is 19.9. The summed E-state index contributed by atoms with van der Waals surface area (Å²) < 4.78 is 5.45. The molecule has 1 aromatic rings. The maximum absolute atomic E-state index is 9.72. The predicted octanol–water partition coefficient (Wildman–Crippen LogP) is 1.56. The molecule has 6 heteroatoms. The fourth-order valence-electron chi connectivity index (χ4n) is 2.03. The highest BCUT2D eigenvalue weighted by atomic mass is 32.2. The monoisotopic (exact) mass is 269 g/mol. The zero-order valence-corrected chi connectivity index (χ0v) is 11.6. The molecule has 1 aromatic heterocycles. The second-order valence-corrected chi connectivity index (χ2v) is 5.00. The van der Waals surface area contributed by atoms with Gasteiger partial charge in [-0.05, 0) is 26.0 Å². The number of ether oxygens (including phenoxy) is 1. The number of hydrogen-bond donors (Lipinski definition) is 1. The highest BCUT2D eigenvalue weighted by Gasteiger charge is 2.20. The lowest BCUT2D eigenvalue weighted by atomic mass is 10.1. The van der Waals surface area contributed by atoms with Crippen LogP contribution >= 0.6 is 11.8 Å². The van der Waals surface area contributed by atoms with Crippen LogP contribution < -0.4 is 9.64 Å². The molecular weight excluding hydrogens is 250 g/mol. The van der Waals surface area contributed by atoms with Gasteiger partial charge in [-0.1, -0.05) is 11.8 Å². The Bertz CT molecular complexity index is 403. The maximum Gasteiger partial charge on any atom is 0.219 e. The van der Waals surface area contributed by atoms with Crippen molar-refractivity contribution in [2.24, 2.45) is 0 Å². The van der Waals surface area contributed by atoms with Crippen LogP contribution in [0.2, 0.25) is 0 Å². The number of aliphatic hydroxyl groups is 1. The van der Waals surface area contributed by atoms with E-state index in [0.29, 0.717) is 24.2 Å². The summed E-state index contributed by atoms with van der Waals surface area (Å²) in [4.78, 5) is 10.9. The fraction of sp³-hybridized carbons (Fsp3) is 0.667. The number of β-amino-alcohol motifs (C(OH)–C–C–N with tert-alkyl or cyclic N) is 1. The second kappa shape index (κ2) is 6.24. The van der Waals surface area contributed by atoms with Gasteiger partial charge in [-0.15, -0.1) is 0 Å². The maximum atomic E-state index is 9.72. The van der Waals surface area contributed by atoms with Crippen molar-refractivity contribution in [2.75, 3.05) is 30.9 Å². The number of rotatable bonds is 4. The first-order valence-corrected chi connectivity index (χ1v) is 7.44. The van der Waals surface area contributed by atoms with Crippen LogP contribution in [0, 0.1) is 0 Å². The van der Waals surface area contributed by atoms with E-state index in [1.807, 2.05) is 19.2 Å². The van der Waals surface area contributed by atoms with E-state index in [1.165, 1.54) is 11.8 Å². The van der Waals surface area contributed by atoms with E-state index in [2.05, 4.69) is 14.9 Å². The first-order chi connectivity index (χ1) is 8.72. The second-order valence-electron chi connectivity index (χ2n) is 4.23. The van der Waals surface area contributed by atoms with Crippen LogP contribution in [0.5, 0.6) is 5.88 Å². The summed E-state index contributed by atoms with van der Waals surface area (Å²) in [5.41, 5.74) is 0. The van der Waals surface area contributed by atoms with Crippen LogP contribution in [0.4, 0.5) is 5.82 Å². The average molecular weight is 269 g/mol. The molecule has 18 heavy (non-hydrogen) atoms. The minimum atomic E-state index is -0.262. The lowest BCUT2D eigenvalue weighted by Gasteiger charge is -2.31. The summed E-state index contributed by atoms with van der Waals surface area (Å²) in [6, 6.07) is 1.85. The third kappa shape index (κ3) is 3.26. The van der Waals surface area contributed by atoms with Gasteiger partial charge in [0.15, 0.2) is 5.16 Å². The molecule has 2 heterocycles. The summed E-state index contributed by atoms with van der Waals surface area (Å²) in [5, 5.41) is 10.4. The quantitative estimate of drug-likeness (QED) is 0.661. The molecule has 0 aromatic carbocycles. The van der Waals surface area contributed by atoms with Crippen molar-refractivity contribution >= 4 is 17.6 Å². The summed E-state index contributed by atoms with van der Waals surface area (Å²) in [7, 11) is 0. The summed E-state index contributed by atoms with van der Waals surface area (Å²) in [5.74, 6) is 1.45. The van der Waals surface area contributed by atoms with Crippen LogP contribution in [0.3, 0.4) is 0 Å². The Hall–Kier alpha value is -1.01. The first kappa shape index (κ1) is 13.4. The number of thioether (sulfide) groups is 1. The van der Waals surface area contributed by atoms with Crippen LogP contribution in [0.1, 0.15) is 19.8 Å². The molecule has 0 unspecified atom stereocenters.